The van der Waals surface area contributed by atoms with Gasteiger partial charge < -0.3 is 5.11 Å². The number of alkyl halides is 3. The molecule has 0 spiro atoms. The van der Waals surface area contributed by atoms with E-state index in [1.807, 2.05) is 37.3 Å². The van der Waals surface area contributed by atoms with Crippen LogP contribution in [0.1, 0.15) is 44.6 Å². The van der Waals surface area contributed by atoms with Crippen LogP contribution < -0.4 is 0 Å². The Kier molecular flexibility index (Phi) is 5.10. The second kappa shape index (κ2) is 7.02. The van der Waals surface area contributed by atoms with Crippen LogP contribution in [0, 0.1) is 11.8 Å². The zero-order valence-corrected chi connectivity index (χ0v) is 14.7. The SMILES string of the molecule is C[C@@H]1CCC2=NN(C(=O)CCCc3ccccc3)[C@](O)(C(F)(F)F)[C@H]2C1. The van der Waals surface area contributed by atoms with Crippen LogP contribution in [0.5, 0.6) is 0 Å². The van der Waals surface area contributed by atoms with Crippen LogP contribution >= 0.6 is 0 Å². The molecule has 1 fully saturated rings. The van der Waals surface area contributed by atoms with Crippen molar-refractivity contribution < 1.29 is 23.1 Å². The molecule has 1 saturated carbocycles. The smallest absolute Gasteiger partial charge is 0.362 e. The normalized spacial score (nSPS) is 28.7. The molecular weight excluding hydrogens is 345 g/mol. The number of aliphatic hydroxyl groups is 1. The Bertz CT molecular complexity index is 690. The van der Waals surface area contributed by atoms with E-state index in [1.54, 1.807) is 0 Å². The monoisotopic (exact) mass is 368 g/mol. The van der Waals surface area contributed by atoms with Crippen LogP contribution in [0.25, 0.3) is 0 Å². The number of nitrogens with zero attached hydrogens (tertiary/aromatic N) is 2. The molecule has 0 saturated heterocycles. The number of carbonyl (C=O) groups excluding carboxylic acids is 1. The van der Waals surface area contributed by atoms with E-state index in [-0.39, 0.29) is 18.8 Å². The fourth-order valence-corrected chi connectivity index (χ4v) is 3.85. The summed E-state index contributed by atoms with van der Waals surface area (Å²) in [6, 6.07) is 9.43. The first-order valence-corrected chi connectivity index (χ1v) is 8.97. The molecule has 1 aliphatic carbocycles. The second-order valence-electron chi connectivity index (χ2n) is 7.29. The number of aryl methyl sites for hydroxylation is 1. The molecule has 1 N–H and O–H groups in total. The zero-order valence-electron chi connectivity index (χ0n) is 14.7. The van der Waals surface area contributed by atoms with E-state index in [0.29, 0.717) is 30.0 Å². The maximum absolute atomic E-state index is 13.7. The van der Waals surface area contributed by atoms with Gasteiger partial charge in [-0.2, -0.15) is 23.3 Å². The van der Waals surface area contributed by atoms with Gasteiger partial charge in [0.1, 0.15) is 0 Å². The largest absolute Gasteiger partial charge is 0.439 e. The summed E-state index contributed by atoms with van der Waals surface area (Å²) in [4.78, 5) is 12.5. The highest BCUT2D eigenvalue weighted by molar-refractivity contribution is 5.93. The first-order valence-electron chi connectivity index (χ1n) is 8.97. The number of halogens is 3. The first kappa shape index (κ1) is 18.9. The molecule has 1 aliphatic heterocycles. The Morgan fingerprint density at radius 3 is 2.69 bits per heavy atom. The van der Waals surface area contributed by atoms with Crippen molar-refractivity contribution in [3.05, 3.63) is 35.9 Å². The summed E-state index contributed by atoms with van der Waals surface area (Å²) in [6.07, 6.45) is -2.76. The molecule has 1 heterocycles. The van der Waals surface area contributed by atoms with Gasteiger partial charge in [0.15, 0.2) is 0 Å². The van der Waals surface area contributed by atoms with Crippen molar-refractivity contribution in [3.8, 4) is 0 Å². The molecule has 1 aromatic carbocycles. The minimum atomic E-state index is -4.95. The van der Waals surface area contributed by atoms with E-state index in [1.165, 1.54) is 0 Å². The van der Waals surface area contributed by atoms with Gasteiger partial charge in [0.05, 0.1) is 5.92 Å². The van der Waals surface area contributed by atoms with Gasteiger partial charge in [-0.05, 0) is 43.6 Å². The van der Waals surface area contributed by atoms with Gasteiger partial charge in [-0.3, -0.25) is 4.79 Å². The summed E-state index contributed by atoms with van der Waals surface area (Å²) < 4.78 is 41.2. The average molecular weight is 368 g/mol. The van der Waals surface area contributed by atoms with Gasteiger partial charge in [-0.25, -0.2) is 0 Å². The van der Waals surface area contributed by atoms with Crippen LogP contribution in [0.3, 0.4) is 0 Å². The highest BCUT2D eigenvalue weighted by Crippen LogP contribution is 2.49. The predicted molar refractivity (Wildman–Crippen MR) is 91.2 cm³/mol. The van der Waals surface area contributed by atoms with E-state index in [9.17, 15) is 23.1 Å². The molecule has 2 aliphatic rings. The number of hydrazone groups is 1. The predicted octanol–water partition coefficient (Wildman–Crippen LogP) is 3.89. The van der Waals surface area contributed by atoms with Crippen molar-refractivity contribution >= 4 is 11.6 Å². The Morgan fingerprint density at radius 2 is 2.04 bits per heavy atom. The standard InChI is InChI=1S/C19H23F3N2O2/c1-13-10-11-16-15(12-13)18(26,19(20,21)22)24(23-16)17(25)9-5-8-14-6-3-2-4-7-14/h2-4,6-7,13,15,26H,5,8-12H2,1H3/t13-,15+,18-/m1/s1. The first-order chi connectivity index (χ1) is 12.2. The number of hydrogen-bond donors (Lipinski definition) is 1. The van der Waals surface area contributed by atoms with Crippen molar-refractivity contribution in [1.82, 2.24) is 5.01 Å². The van der Waals surface area contributed by atoms with Crippen molar-refractivity contribution in [2.24, 2.45) is 16.9 Å². The molecule has 0 bridgehead atoms. The minimum Gasteiger partial charge on any atom is -0.362 e. The molecule has 4 nitrogen and oxygen atoms in total. The second-order valence-corrected chi connectivity index (χ2v) is 7.29. The lowest BCUT2D eigenvalue weighted by Crippen LogP contribution is -2.61. The third kappa shape index (κ3) is 3.37. The minimum absolute atomic E-state index is 0.0564. The number of benzene rings is 1. The molecule has 142 valence electrons. The van der Waals surface area contributed by atoms with Crippen LogP contribution in [0.4, 0.5) is 13.2 Å². The molecule has 7 heteroatoms. The summed E-state index contributed by atoms with van der Waals surface area (Å²) >= 11 is 0. The van der Waals surface area contributed by atoms with E-state index >= 15 is 0 Å². The summed E-state index contributed by atoms with van der Waals surface area (Å²) in [6.45, 7) is 1.86. The third-order valence-corrected chi connectivity index (χ3v) is 5.32. The van der Waals surface area contributed by atoms with E-state index in [2.05, 4.69) is 5.10 Å². The molecule has 0 aromatic heterocycles. The Balaban J connectivity index is 1.74. The van der Waals surface area contributed by atoms with Crippen LogP contribution in [-0.4, -0.2) is 33.6 Å². The van der Waals surface area contributed by atoms with Gasteiger partial charge in [-0.1, -0.05) is 37.3 Å². The lowest BCUT2D eigenvalue weighted by atomic mass is 9.76. The summed E-state index contributed by atoms with van der Waals surface area (Å²) in [5, 5.41) is 14.8. The van der Waals surface area contributed by atoms with Crippen LogP contribution in [0.2, 0.25) is 0 Å². The zero-order chi connectivity index (χ0) is 18.9. The van der Waals surface area contributed by atoms with Gasteiger partial charge >= 0.3 is 6.18 Å². The van der Waals surface area contributed by atoms with Gasteiger partial charge in [0.25, 0.3) is 5.72 Å². The number of rotatable bonds is 4. The third-order valence-electron chi connectivity index (χ3n) is 5.32. The maximum Gasteiger partial charge on any atom is 0.439 e. The molecule has 3 rings (SSSR count). The quantitative estimate of drug-likeness (QED) is 0.876. The van der Waals surface area contributed by atoms with Crippen LogP contribution in [0.15, 0.2) is 35.4 Å². The number of carbonyl (C=O) groups is 1. The Morgan fingerprint density at radius 1 is 1.35 bits per heavy atom. The highest BCUT2D eigenvalue weighted by atomic mass is 19.4. The lowest BCUT2D eigenvalue weighted by molar-refractivity contribution is -0.317. The number of amides is 1. The Hall–Kier alpha value is -1.89. The molecule has 0 radical (unpaired) electrons. The van der Waals surface area contributed by atoms with E-state index in [4.69, 9.17) is 0 Å². The summed E-state index contributed by atoms with van der Waals surface area (Å²) in [7, 11) is 0. The fraction of sp³-hybridized carbons (Fsp3) is 0.579. The molecule has 0 unspecified atom stereocenters. The van der Waals surface area contributed by atoms with Crippen molar-refractivity contribution in [2.45, 2.75) is 57.3 Å². The topological polar surface area (TPSA) is 52.9 Å². The maximum atomic E-state index is 13.7. The lowest BCUT2D eigenvalue weighted by Gasteiger charge is -2.39. The molecule has 1 amide bonds. The molecular formula is C19H23F3N2O2. The van der Waals surface area contributed by atoms with E-state index in [0.717, 1.165) is 12.0 Å². The van der Waals surface area contributed by atoms with Gasteiger partial charge in [0.2, 0.25) is 5.91 Å². The summed E-state index contributed by atoms with van der Waals surface area (Å²) in [5.41, 5.74) is -1.91. The van der Waals surface area contributed by atoms with Gasteiger partial charge in [-0.15, -0.1) is 0 Å². The molecule has 3 atom stereocenters. The highest BCUT2D eigenvalue weighted by Gasteiger charge is 2.68. The fourth-order valence-electron chi connectivity index (χ4n) is 3.85. The number of fused-ring (bicyclic) bond motifs is 1. The summed E-state index contributed by atoms with van der Waals surface area (Å²) in [5.74, 6) is -1.89. The van der Waals surface area contributed by atoms with Crippen molar-refractivity contribution in [1.29, 1.82) is 0 Å². The molecule has 26 heavy (non-hydrogen) atoms. The Labute approximate surface area is 150 Å². The molecule has 1 aromatic rings. The van der Waals surface area contributed by atoms with Gasteiger partial charge in [0, 0.05) is 12.1 Å². The van der Waals surface area contributed by atoms with E-state index < -0.39 is 23.7 Å². The van der Waals surface area contributed by atoms with Crippen LogP contribution in [-0.2, 0) is 11.2 Å². The van der Waals surface area contributed by atoms with Crippen molar-refractivity contribution in [3.63, 3.8) is 0 Å². The average Bonchev–Trinajstić information content (AvgIpc) is 2.89. The number of hydrogen-bond acceptors (Lipinski definition) is 3. The van der Waals surface area contributed by atoms with Crippen molar-refractivity contribution in [2.75, 3.05) is 0 Å².